The number of terminal acetylenes is 1. The van der Waals surface area contributed by atoms with Gasteiger partial charge in [-0.2, -0.15) is 26.3 Å². The smallest absolute Gasteiger partial charge is 0.369 e. The molecule has 15 heteroatoms. The third-order valence-electron chi connectivity index (χ3n) is 6.37. The second-order valence-corrected chi connectivity index (χ2v) is 10.8. The maximum atomic E-state index is 13.1. The summed E-state index contributed by atoms with van der Waals surface area (Å²) in [6, 6.07) is 15.0. The molecule has 3 aromatic carbocycles. The van der Waals surface area contributed by atoms with Crippen LogP contribution in [-0.4, -0.2) is 40.0 Å². The lowest BCUT2D eigenvalue weighted by atomic mass is 9.89. The number of anilines is 1. The number of amides is 2. The first-order valence-corrected chi connectivity index (χ1v) is 14.0. The first-order valence-electron chi connectivity index (χ1n) is 12.9. The fourth-order valence-electron chi connectivity index (χ4n) is 4.29. The molecule has 242 valence electrons. The molecular weight excluding hydrogens is 631 g/mol. The molecule has 0 aromatic heterocycles. The molecule has 1 aliphatic heterocycles. The number of nitrogens with two attached hydrogens (primary N) is 1. The van der Waals surface area contributed by atoms with E-state index in [2.05, 4.69) is 18.2 Å². The molecule has 2 amide bonds. The summed E-state index contributed by atoms with van der Waals surface area (Å²) in [6.45, 7) is 1.58. The van der Waals surface area contributed by atoms with Crippen LogP contribution in [0, 0.1) is 18.7 Å². The Hall–Kier alpha value is -4.42. The molecule has 0 fully saturated rings. The molecule has 0 saturated heterocycles. The second kappa shape index (κ2) is 15.0. The second-order valence-electron chi connectivity index (χ2n) is 9.40. The maximum absolute atomic E-state index is 13.1. The molecule has 7 nitrogen and oxygen atoms in total. The van der Waals surface area contributed by atoms with Crippen molar-refractivity contribution in [3.8, 4) is 12.8 Å². The number of hydrogen-bond acceptors (Lipinski definition) is 4. The monoisotopic (exact) mass is 659 g/mol. The number of nitrogens with one attached hydrogen (secondary N) is 1. The van der Waals surface area contributed by atoms with Crippen molar-refractivity contribution in [3.63, 3.8) is 0 Å². The van der Waals surface area contributed by atoms with Crippen LogP contribution in [0.1, 0.15) is 36.1 Å². The Morgan fingerprint density at radius 3 is 2.00 bits per heavy atom. The van der Waals surface area contributed by atoms with E-state index in [1.807, 2.05) is 6.07 Å². The van der Waals surface area contributed by atoms with Gasteiger partial charge in [0.25, 0.3) is 5.60 Å². The van der Waals surface area contributed by atoms with E-state index < -0.39 is 52.3 Å². The number of carbonyl (C=O) groups excluding carboxylic acids is 2. The highest BCUT2D eigenvalue weighted by Crippen LogP contribution is 2.50. The zero-order valence-electron chi connectivity index (χ0n) is 23.5. The minimum Gasteiger partial charge on any atom is -0.369 e. The Bertz CT molecular complexity index is 1500. The molecular formula is C30H28F7N3O4S. The van der Waals surface area contributed by atoms with Gasteiger partial charge in [-0.3, -0.25) is 13.9 Å². The molecule has 1 unspecified atom stereocenters. The Labute approximate surface area is 256 Å². The summed E-state index contributed by atoms with van der Waals surface area (Å²) < 4.78 is 106. The van der Waals surface area contributed by atoms with Crippen molar-refractivity contribution < 1.29 is 49.6 Å². The van der Waals surface area contributed by atoms with E-state index in [4.69, 9.17) is 5.73 Å². The van der Waals surface area contributed by atoms with E-state index in [0.717, 1.165) is 18.2 Å². The number of nitrogens with zero attached hydrogens (tertiary/aromatic N) is 1. The molecule has 0 spiro atoms. The fraction of sp³-hybridized carbons (Fsp3) is 0.267. The summed E-state index contributed by atoms with van der Waals surface area (Å²) >= 11 is 0. The van der Waals surface area contributed by atoms with Crippen LogP contribution in [-0.2, 0) is 32.6 Å². The van der Waals surface area contributed by atoms with E-state index in [1.165, 1.54) is 23.4 Å². The predicted octanol–water partition coefficient (Wildman–Crippen LogP) is 5.21. The van der Waals surface area contributed by atoms with Gasteiger partial charge in [0.05, 0.1) is 10.6 Å². The van der Waals surface area contributed by atoms with Gasteiger partial charge in [-0.25, -0.2) is 8.60 Å². The molecule has 3 aromatic rings. The van der Waals surface area contributed by atoms with Gasteiger partial charge in [-0.1, -0.05) is 42.5 Å². The number of alkyl halides is 6. The van der Waals surface area contributed by atoms with Crippen molar-refractivity contribution >= 4 is 28.5 Å². The first kappa shape index (κ1) is 36.8. The van der Waals surface area contributed by atoms with Gasteiger partial charge >= 0.3 is 12.4 Å². The fourth-order valence-corrected chi connectivity index (χ4v) is 5.57. The van der Waals surface area contributed by atoms with Crippen molar-refractivity contribution in [3.05, 3.63) is 95.3 Å². The molecule has 1 heterocycles. The SMILES string of the molecule is C#C.CC(=O)N[C@@H](C(N)=O)c1ccccc1.O=S(c1ccc(F)cc1)N1CCCc2cc(C(O)(C(F)(F)F)C(F)(F)F)ccc21. The van der Waals surface area contributed by atoms with E-state index >= 15 is 0 Å². The summed E-state index contributed by atoms with van der Waals surface area (Å²) in [5, 5.41) is 12.1. The Kier molecular flexibility index (Phi) is 12.3. The van der Waals surface area contributed by atoms with Crippen LogP contribution in [0.5, 0.6) is 0 Å². The minimum absolute atomic E-state index is 0.0936. The van der Waals surface area contributed by atoms with Crippen molar-refractivity contribution in [1.82, 2.24) is 5.32 Å². The molecule has 0 aliphatic carbocycles. The van der Waals surface area contributed by atoms with Crippen LogP contribution in [0.2, 0.25) is 0 Å². The van der Waals surface area contributed by atoms with Crippen LogP contribution in [0.4, 0.5) is 36.4 Å². The zero-order valence-corrected chi connectivity index (χ0v) is 24.3. The lowest BCUT2D eigenvalue weighted by Crippen LogP contribution is -2.54. The number of hydrogen-bond donors (Lipinski definition) is 3. The first-order chi connectivity index (χ1) is 21.0. The molecule has 2 atom stereocenters. The lowest BCUT2D eigenvalue weighted by molar-refractivity contribution is -0.376. The molecule has 4 rings (SSSR count). The number of aliphatic hydroxyl groups is 1. The number of primary amides is 1. The molecule has 0 bridgehead atoms. The molecule has 45 heavy (non-hydrogen) atoms. The lowest BCUT2D eigenvalue weighted by Gasteiger charge is -2.35. The Balaban J connectivity index is 0.000000370. The van der Waals surface area contributed by atoms with Crippen LogP contribution in [0.25, 0.3) is 0 Å². The van der Waals surface area contributed by atoms with Crippen LogP contribution in [0.3, 0.4) is 0 Å². The zero-order chi connectivity index (χ0) is 34.2. The number of benzene rings is 3. The van der Waals surface area contributed by atoms with E-state index in [9.17, 15) is 49.6 Å². The number of carbonyl (C=O) groups is 2. The minimum atomic E-state index is -5.98. The van der Waals surface area contributed by atoms with E-state index in [-0.39, 0.29) is 35.0 Å². The normalized spacial score (nSPS) is 14.3. The highest BCUT2D eigenvalue weighted by Gasteiger charge is 2.71. The van der Waals surface area contributed by atoms with Gasteiger partial charge in [0, 0.05) is 19.0 Å². The third kappa shape index (κ3) is 8.61. The number of rotatable bonds is 6. The predicted molar refractivity (Wildman–Crippen MR) is 153 cm³/mol. The quantitative estimate of drug-likeness (QED) is 0.249. The van der Waals surface area contributed by atoms with Gasteiger partial charge in [-0.15, -0.1) is 12.8 Å². The summed E-state index contributed by atoms with van der Waals surface area (Å²) in [4.78, 5) is 22.1. The van der Waals surface area contributed by atoms with Crippen molar-refractivity contribution in [1.29, 1.82) is 0 Å². The Morgan fingerprint density at radius 2 is 1.51 bits per heavy atom. The van der Waals surface area contributed by atoms with Crippen LogP contribution < -0.4 is 15.4 Å². The largest absolute Gasteiger partial charge is 0.430 e. The van der Waals surface area contributed by atoms with Gasteiger partial charge in [0.15, 0.2) is 11.0 Å². The molecule has 0 saturated carbocycles. The maximum Gasteiger partial charge on any atom is 0.430 e. The highest BCUT2D eigenvalue weighted by atomic mass is 32.2. The van der Waals surface area contributed by atoms with Crippen LogP contribution >= 0.6 is 0 Å². The van der Waals surface area contributed by atoms with Gasteiger partial charge < -0.3 is 16.2 Å². The van der Waals surface area contributed by atoms with Gasteiger partial charge in [-0.05, 0) is 54.3 Å². The summed E-state index contributed by atoms with van der Waals surface area (Å²) in [6.07, 6.45) is -3.50. The summed E-state index contributed by atoms with van der Waals surface area (Å²) in [5.74, 6) is -1.39. The van der Waals surface area contributed by atoms with Crippen LogP contribution in [0.15, 0.2) is 77.7 Å². The molecule has 1 aliphatic rings. The highest BCUT2D eigenvalue weighted by molar-refractivity contribution is 7.86. The molecule has 0 radical (unpaired) electrons. The summed E-state index contributed by atoms with van der Waals surface area (Å²) in [5.41, 5.74) is -0.240. The third-order valence-corrected chi connectivity index (χ3v) is 7.83. The molecule has 4 N–H and O–H groups in total. The van der Waals surface area contributed by atoms with Crippen molar-refractivity contribution in [2.45, 2.75) is 48.7 Å². The Morgan fingerprint density at radius 1 is 0.956 bits per heavy atom. The number of aryl methyl sites for hydroxylation is 1. The van der Waals surface area contributed by atoms with Gasteiger partial charge in [0.1, 0.15) is 11.9 Å². The number of halogens is 7. The van der Waals surface area contributed by atoms with Crippen molar-refractivity contribution in [2.75, 3.05) is 10.8 Å². The average Bonchev–Trinajstić information content (AvgIpc) is 2.99. The summed E-state index contributed by atoms with van der Waals surface area (Å²) in [7, 11) is -1.84. The number of fused-ring (bicyclic) bond motifs is 1. The van der Waals surface area contributed by atoms with E-state index in [0.29, 0.717) is 24.1 Å². The topological polar surface area (TPSA) is 113 Å². The van der Waals surface area contributed by atoms with Crippen molar-refractivity contribution in [2.24, 2.45) is 5.73 Å². The van der Waals surface area contributed by atoms with Gasteiger partial charge in [0.2, 0.25) is 11.8 Å². The average molecular weight is 660 g/mol. The van der Waals surface area contributed by atoms with E-state index in [1.54, 1.807) is 24.3 Å². The standard InChI is InChI=1S/C18H14F7NO2S.C10H12N2O2.C2H2/c19-13-4-6-14(7-5-13)29(28)26-9-1-2-11-10-12(3-8-15(11)26)16(27,17(20,21)22)18(23,24)25;1-7(13)12-9(10(11)14)8-5-3-2-4-6-8;1-2/h3-8,10,27H,1-2,9H2;2-6,9H,1H3,(H2,11,14)(H,12,13);1-2H/t;9-;/m.1./s1.